The highest BCUT2D eigenvalue weighted by atomic mass is 32.1. The first-order valence-electron chi connectivity index (χ1n) is 6.97. The Hall–Kier alpha value is -3.26. The summed E-state index contributed by atoms with van der Waals surface area (Å²) in [6.45, 7) is 0. The summed E-state index contributed by atoms with van der Waals surface area (Å²) in [7, 11) is 0. The number of primary amides is 1. The fourth-order valence-corrected chi connectivity index (χ4v) is 2.75. The molecular weight excluding hydrogens is 326 g/mol. The Morgan fingerprint density at radius 1 is 1.21 bits per heavy atom. The first-order chi connectivity index (χ1) is 11.6. The van der Waals surface area contributed by atoms with Crippen molar-refractivity contribution in [3.63, 3.8) is 0 Å². The fraction of sp³-hybridized carbons (Fsp3) is 0. The van der Waals surface area contributed by atoms with Gasteiger partial charge in [0.2, 0.25) is 0 Å². The molecule has 2 heterocycles. The van der Waals surface area contributed by atoms with E-state index in [1.54, 1.807) is 22.2 Å². The summed E-state index contributed by atoms with van der Waals surface area (Å²) in [4.78, 5) is 22.8. The molecule has 3 N–H and O–H groups in total. The van der Waals surface area contributed by atoms with Gasteiger partial charge in [-0.05, 0) is 23.6 Å². The third kappa shape index (κ3) is 3.39. The number of carbonyl (C=O) groups is 2. The van der Waals surface area contributed by atoms with Gasteiger partial charge in [-0.2, -0.15) is 10.2 Å². The van der Waals surface area contributed by atoms with E-state index in [9.17, 15) is 9.59 Å². The van der Waals surface area contributed by atoms with Crippen LogP contribution in [0, 0.1) is 0 Å². The Balaban J connectivity index is 1.95. The lowest BCUT2D eigenvalue weighted by Crippen LogP contribution is -2.32. The van der Waals surface area contributed by atoms with Gasteiger partial charge in [-0.25, -0.2) is 10.1 Å². The van der Waals surface area contributed by atoms with Crippen LogP contribution in [0.25, 0.3) is 16.3 Å². The van der Waals surface area contributed by atoms with Crippen LogP contribution >= 0.6 is 11.3 Å². The van der Waals surface area contributed by atoms with E-state index in [-0.39, 0.29) is 0 Å². The number of amides is 2. The van der Waals surface area contributed by atoms with Crippen molar-refractivity contribution < 1.29 is 9.59 Å². The summed E-state index contributed by atoms with van der Waals surface area (Å²) >= 11 is 1.54. The van der Waals surface area contributed by atoms with Crippen molar-refractivity contribution in [1.82, 2.24) is 15.2 Å². The summed E-state index contributed by atoms with van der Waals surface area (Å²) in [5, 5.41) is 10.3. The molecule has 3 aromatic rings. The van der Waals surface area contributed by atoms with Crippen LogP contribution in [0.1, 0.15) is 5.56 Å². The molecule has 2 aromatic heterocycles. The van der Waals surface area contributed by atoms with Gasteiger partial charge in [-0.3, -0.25) is 9.59 Å². The Labute approximate surface area is 141 Å². The van der Waals surface area contributed by atoms with Gasteiger partial charge in [-0.15, -0.1) is 11.3 Å². The number of aromatic nitrogens is 2. The summed E-state index contributed by atoms with van der Waals surface area (Å²) < 4.78 is 1.73. The molecule has 0 saturated carbocycles. The molecule has 0 unspecified atom stereocenters. The SMILES string of the molecule is NC(=O)C(=O)N/N=C/c1cn(-c2ccccc2)nc1-c1cccs1. The molecule has 0 aliphatic heterocycles. The van der Waals surface area contributed by atoms with Crippen LogP contribution < -0.4 is 11.2 Å². The summed E-state index contributed by atoms with van der Waals surface area (Å²) in [5.74, 6) is -2.06. The number of benzene rings is 1. The van der Waals surface area contributed by atoms with Gasteiger partial charge in [0.1, 0.15) is 5.69 Å². The highest BCUT2D eigenvalue weighted by molar-refractivity contribution is 7.13. The van der Waals surface area contributed by atoms with Gasteiger partial charge in [0, 0.05) is 11.8 Å². The van der Waals surface area contributed by atoms with Crippen LogP contribution in [-0.2, 0) is 9.59 Å². The average molecular weight is 339 g/mol. The van der Waals surface area contributed by atoms with Crippen molar-refractivity contribution in [2.75, 3.05) is 0 Å². The van der Waals surface area contributed by atoms with E-state index < -0.39 is 11.8 Å². The number of rotatable bonds is 4. The average Bonchev–Trinajstić information content (AvgIpc) is 3.24. The minimum absolute atomic E-state index is 0.700. The number of para-hydroxylation sites is 1. The van der Waals surface area contributed by atoms with Gasteiger partial charge in [0.05, 0.1) is 16.8 Å². The van der Waals surface area contributed by atoms with Crippen molar-refractivity contribution in [3.05, 3.63) is 59.6 Å². The van der Waals surface area contributed by atoms with Crippen molar-refractivity contribution in [2.24, 2.45) is 10.8 Å². The van der Waals surface area contributed by atoms with Gasteiger partial charge >= 0.3 is 11.8 Å². The molecule has 0 spiro atoms. The maximum Gasteiger partial charge on any atom is 0.329 e. The summed E-state index contributed by atoms with van der Waals surface area (Å²) in [6, 6.07) is 13.5. The van der Waals surface area contributed by atoms with Crippen molar-refractivity contribution in [2.45, 2.75) is 0 Å². The van der Waals surface area contributed by atoms with E-state index in [2.05, 4.69) is 15.6 Å². The normalized spacial score (nSPS) is 10.8. The minimum Gasteiger partial charge on any atom is -0.361 e. The van der Waals surface area contributed by atoms with E-state index in [4.69, 9.17) is 5.73 Å². The molecule has 8 heteroatoms. The predicted molar refractivity (Wildman–Crippen MR) is 91.8 cm³/mol. The van der Waals surface area contributed by atoms with Crippen LogP contribution in [0.3, 0.4) is 0 Å². The zero-order valence-electron chi connectivity index (χ0n) is 12.4. The van der Waals surface area contributed by atoms with Gasteiger partial charge in [-0.1, -0.05) is 24.3 Å². The van der Waals surface area contributed by atoms with Gasteiger partial charge in [0.15, 0.2) is 0 Å². The van der Waals surface area contributed by atoms with Crippen LogP contribution in [-0.4, -0.2) is 27.8 Å². The minimum atomic E-state index is -1.09. The number of hydrazone groups is 1. The molecule has 0 fully saturated rings. The van der Waals surface area contributed by atoms with Crippen molar-refractivity contribution in [1.29, 1.82) is 0 Å². The van der Waals surface area contributed by atoms with E-state index in [0.29, 0.717) is 5.56 Å². The lowest BCUT2D eigenvalue weighted by molar-refractivity contribution is -0.137. The number of hydrogen-bond donors (Lipinski definition) is 2. The van der Waals surface area contributed by atoms with E-state index in [1.165, 1.54) is 6.21 Å². The molecule has 2 amide bonds. The molecule has 0 radical (unpaired) electrons. The second-order valence-electron chi connectivity index (χ2n) is 4.75. The highest BCUT2D eigenvalue weighted by Gasteiger charge is 2.12. The Bertz CT molecular complexity index is 885. The maximum atomic E-state index is 11.2. The third-order valence-electron chi connectivity index (χ3n) is 3.11. The number of hydrogen-bond acceptors (Lipinski definition) is 5. The second kappa shape index (κ2) is 6.88. The number of carbonyl (C=O) groups excluding carboxylic acids is 2. The number of nitrogens with zero attached hydrogens (tertiary/aromatic N) is 3. The third-order valence-corrected chi connectivity index (χ3v) is 3.99. The molecule has 3 rings (SSSR count). The zero-order valence-corrected chi connectivity index (χ0v) is 13.2. The lowest BCUT2D eigenvalue weighted by Gasteiger charge is -1.98. The topological polar surface area (TPSA) is 102 Å². The summed E-state index contributed by atoms with van der Waals surface area (Å²) in [6.07, 6.45) is 3.23. The lowest BCUT2D eigenvalue weighted by atomic mass is 10.2. The highest BCUT2D eigenvalue weighted by Crippen LogP contribution is 2.26. The Kier molecular flexibility index (Phi) is 4.48. The number of nitrogens with one attached hydrogen (secondary N) is 1. The fourth-order valence-electron chi connectivity index (χ4n) is 2.02. The first-order valence-corrected chi connectivity index (χ1v) is 7.85. The maximum absolute atomic E-state index is 11.2. The molecule has 0 bridgehead atoms. The van der Waals surface area contributed by atoms with Gasteiger partial charge in [0.25, 0.3) is 0 Å². The quantitative estimate of drug-likeness (QED) is 0.428. The first kappa shape index (κ1) is 15.6. The molecule has 0 atom stereocenters. The van der Waals surface area contributed by atoms with Crippen LogP contribution in [0.5, 0.6) is 0 Å². The molecule has 0 aliphatic rings. The number of thiophene rings is 1. The monoisotopic (exact) mass is 339 g/mol. The van der Waals surface area contributed by atoms with Crippen LogP contribution in [0.2, 0.25) is 0 Å². The van der Waals surface area contributed by atoms with Crippen molar-refractivity contribution >= 4 is 29.4 Å². The van der Waals surface area contributed by atoms with Gasteiger partial charge < -0.3 is 5.73 Å². The zero-order chi connectivity index (χ0) is 16.9. The van der Waals surface area contributed by atoms with Crippen molar-refractivity contribution in [3.8, 4) is 16.3 Å². The Morgan fingerprint density at radius 2 is 2.00 bits per heavy atom. The second-order valence-corrected chi connectivity index (χ2v) is 5.70. The molecule has 1 aromatic carbocycles. The molecule has 0 aliphatic carbocycles. The van der Waals surface area contributed by atoms with E-state index >= 15 is 0 Å². The number of nitrogens with two attached hydrogens (primary N) is 1. The standard InChI is InChI=1S/C16H13N5O2S/c17-15(22)16(23)19-18-9-11-10-21(12-5-2-1-3-6-12)20-14(11)13-7-4-8-24-13/h1-10H,(H2,17,22)(H,19,23)/b18-9+. The molecule has 120 valence electrons. The molecule has 7 nitrogen and oxygen atoms in total. The molecule has 24 heavy (non-hydrogen) atoms. The predicted octanol–water partition coefficient (Wildman–Crippen LogP) is 1.54. The van der Waals surface area contributed by atoms with Crippen LogP contribution in [0.15, 0.2) is 59.1 Å². The van der Waals surface area contributed by atoms with E-state index in [1.807, 2.05) is 47.8 Å². The smallest absolute Gasteiger partial charge is 0.329 e. The van der Waals surface area contributed by atoms with Crippen LogP contribution in [0.4, 0.5) is 0 Å². The Morgan fingerprint density at radius 3 is 2.67 bits per heavy atom. The largest absolute Gasteiger partial charge is 0.361 e. The molecular formula is C16H13N5O2S. The van der Waals surface area contributed by atoms with E-state index in [0.717, 1.165) is 16.3 Å². The summed E-state index contributed by atoms with van der Waals surface area (Å²) in [5.41, 5.74) is 9.26. The molecule has 0 saturated heterocycles.